The van der Waals surface area contributed by atoms with Crippen LogP contribution in [0.3, 0.4) is 0 Å². The molecule has 0 unspecified atom stereocenters. The second-order valence-electron chi connectivity index (χ2n) is 3.71. The van der Waals surface area contributed by atoms with Crippen molar-refractivity contribution in [3.63, 3.8) is 0 Å². The molecular formula is C12H7F3N4. The second kappa shape index (κ2) is 4.57. The third-order valence-electron chi connectivity index (χ3n) is 2.36. The van der Waals surface area contributed by atoms with Gasteiger partial charge in [-0.2, -0.15) is 18.4 Å². The molecule has 0 saturated carbocycles. The molecule has 0 aliphatic rings. The lowest BCUT2D eigenvalue weighted by atomic mass is 10.1. The molecule has 7 heteroatoms. The number of nitrogens with two attached hydrogens (primary N) is 1. The number of rotatable bonds is 1. The molecule has 2 aromatic rings. The van der Waals surface area contributed by atoms with E-state index in [1.807, 2.05) is 6.07 Å². The van der Waals surface area contributed by atoms with Gasteiger partial charge in [-0.15, -0.1) is 0 Å². The van der Waals surface area contributed by atoms with E-state index < -0.39 is 11.9 Å². The Morgan fingerprint density at radius 3 is 2.42 bits per heavy atom. The molecule has 96 valence electrons. The summed E-state index contributed by atoms with van der Waals surface area (Å²) in [6.07, 6.45) is -2.14. The maximum atomic E-state index is 12.4. The van der Waals surface area contributed by atoms with Gasteiger partial charge in [0.15, 0.2) is 0 Å². The Morgan fingerprint density at radius 2 is 1.89 bits per heavy atom. The van der Waals surface area contributed by atoms with Crippen LogP contribution in [0.5, 0.6) is 0 Å². The van der Waals surface area contributed by atoms with Crippen LogP contribution < -0.4 is 5.73 Å². The first-order valence-corrected chi connectivity index (χ1v) is 5.11. The number of alkyl halides is 3. The summed E-state index contributed by atoms with van der Waals surface area (Å²) in [5.41, 5.74) is 5.55. The molecule has 2 rings (SSSR count). The Balaban J connectivity index is 2.47. The van der Waals surface area contributed by atoms with Crippen LogP contribution in [0, 0.1) is 11.3 Å². The summed E-state index contributed by atoms with van der Waals surface area (Å²) >= 11 is 0. The summed E-state index contributed by atoms with van der Waals surface area (Å²) in [6.45, 7) is 0. The molecule has 0 fully saturated rings. The monoisotopic (exact) mass is 264 g/mol. The summed E-state index contributed by atoms with van der Waals surface area (Å²) < 4.78 is 37.1. The summed E-state index contributed by atoms with van der Waals surface area (Å²) in [5.74, 6) is 0. The van der Waals surface area contributed by atoms with Crippen molar-refractivity contribution in [2.45, 2.75) is 6.18 Å². The van der Waals surface area contributed by atoms with Gasteiger partial charge in [-0.1, -0.05) is 0 Å². The van der Waals surface area contributed by atoms with Gasteiger partial charge in [0.1, 0.15) is 11.8 Å². The van der Waals surface area contributed by atoms with E-state index in [9.17, 15) is 13.2 Å². The number of halogens is 3. The van der Waals surface area contributed by atoms with Crippen molar-refractivity contribution in [1.29, 1.82) is 5.26 Å². The molecule has 0 spiro atoms. The van der Waals surface area contributed by atoms with E-state index in [1.54, 1.807) is 0 Å². The molecule has 0 bridgehead atoms. The lowest BCUT2D eigenvalue weighted by molar-refractivity contribution is -0.141. The van der Waals surface area contributed by atoms with E-state index in [1.165, 1.54) is 18.3 Å². The zero-order valence-corrected chi connectivity index (χ0v) is 9.44. The van der Waals surface area contributed by atoms with Crippen molar-refractivity contribution in [2.75, 3.05) is 5.73 Å². The fourth-order valence-corrected chi connectivity index (χ4v) is 1.50. The van der Waals surface area contributed by atoms with Crippen molar-refractivity contribution >= 4 is 5.69 Å². The highest BCUT2D eigenvalue weighted by Gasteiger charge is 2.32. The first-order valence-electron chi connectivity index (χ1n) is 5.11. The molecule has 19 heavy (non-hydrogen) atoms. The van der Waals surface area contributed by atoms with Gasteiger partial charge in [0, 0.05) is 11.8 Å². The average molecular weight is 264 g/mol. The molecule has 0 saturated heterocycles. The number of nitrogens with zero attached hydrogens (tertiary/aromatic N) is 3. The Morgan fingerprint density at radius 1 is 1.16 bits per heavy atom. The Kier molecular flexibility index (Phi) is 3.09. The first kappa shape index (κ1) is 12.8. The standard InChI is InChI=1S/C12H7F3N4/c13-12(14,15)10-2-1-7(5-18-10)11-8(4-16)3-9(17)6-19-11/h1-3,5-6H,17H2. The molecule has 2 heterocycles. The molecule has 0 aliphatic heterocycles. The van der Waals surface area contributed by atoms with Gasteiger partial charge in [-0.25, -0.2) is 0 Å². The maximum absolute atomic E-state index is 12.4. The topological polar surface area (TPSA) is 75.6 Å². The summed E-state index contributed by atoms with van der Waals surface area (Å²) in [5, 5.41) is 8.94. The number of anilines is 1. The number of hydrogen-bond donors (Lipinski definition) is 1. The van der Waals surface area contributed by atoms with Gasteiger partial charge in [0.05, 0.1) is 23.1 Å². The van der Waals surface area contributed by atoms with E-state index in [0.29, 0.717) is 11.3 Å². The highest BCUT2D eigenvalue weighted by Crippen LogP contribution is 2.29. The van der Waals surface area contributed by atoms with Crippen LogP contribution in [0.1, 0.15) is 11.3 Å². The molecule has 2 N–H and O–H groups in total. The minimum atomic E-state index is -4.49. The van der Waals surface area contributed by atoms with Crippen LogP contribution in [0.25, 0.3) is 11.3 Å². The van der Waals surface area contributed by atoms with Crippen LogP contribution in [-0.2, 0) is 6.18 Å². The molecule has 2 aromatic heterocycles. The lowest BCUT2D eigenvalue weighted by Gasteiger charge is -2.07. The minimum absolute atomic E-state index is 0.182. The Hall–Kier alpha value is -2.62. The van der Waals surface area contributed by atoms with Gasteiger partial charge < -0.3 is 5.73 Å². The molecule has 0 radical (unpaired) electrons. The summed E-state index contributed by atoms with van der Waals surface area (Å²) in [7, 11) is 0. The minimum Gasteiger partial charge on any atom is -0.397 e. The fraction of sp³-hybridized carbons (Fsp3) is 0.0833. The van der Waals surface area contributed by atoms with Gasteiger partial charge in [0.2, 0.25) is 0 Å². The van der Waals surface area contributed by atoms with Crippen molar-refractivity contribution < 1.29 is 13.2 Å². The zero-order valence-electron chi connectivity index (χ0n) is 9.44. The third kappa shape index (κ3) is 2.63. The molecular weight excluding hydrogens is 257 g/mol. The largest absolute Gasteiger partial charge is 0.433 e. The quantitative estimate of drug-likeness (QED) is 0.859. The predicted octanol–water partition coefficient (Wildman–Crippen LogP) is 2.62. The van der Waals surface area contributed by atoms with E-state index in [0.717, 1.165) is 12.3 Å². The Bertz CT molecular complexity index is 642. The maximum Gasteiger partial charge on any atom is 0.433 e. The van der Waals surface area contributed by atoms with Crippen molar-refractivity contribution in [2.24, 2.45) is 0 Å². The average Bonchev–Trinajstić information content (AvgIpc) is 2.37. The van der Waals surface area contributed by atoms with E-state index in [-0.39, 0.29) is 11.3 Å². The van der Waals surface area contributed by atoms with Crippen LogP contribution in [-0.4, -0.2) is 9.97 Å². The third-order valence-corrected chi connectivity index (χ3v) is 2.36. The van der Waals surface area contributed by atoms with Crippen LogP contribution >= 0.6 is 0 Å². The van der Waals surface area contributed by atoms with E-state index in [2.05, 4.69) is 9.97 Å². The molecule has 4 nitrogen and oxygen atoms in total. The molecule has 0 amide bonds. The van der Waals surface area contributed by atoms with E-state index >= 15 is 0 Å². The summed E-state index contributed by atoms with van der Waals surface area (Å²) in [4.78, 5) is 7.26. The lowest BCUT2D eigenvalue weighted by Crippen LogP contribution is -2.07. The van der Waals surface area contributed by atoms with Crippen molar-refractivity contribution in [3.05, 3.63) is 41.9 Å². The van der Waals surface area contributed by atoms with Crippen LogP contribution in [0.2, 0.25) is 0 Å². The highest BCUT2D eigenvalue weighted by molar-refractivity contribution is 5.67. The molecule has 0 aromatic carbocycles. The van der Waals surface area contributed by atoms with Gasteiger partial charge >= 0.3 is 6.18 Å². The first-order chi connectivity index (χ1) is 8.91. The number of aromatic nitrogens is 2. The van der Waals surface area contributed by atoms with Gasteiger partial charge in [-0.3, -0.25) is 9.97 Å². The molecule has 0 atom stereocenters. The summed E-state index contributed by atoms with van der Waals surface area (Å²) in [6, 6.07) is 5.35. The number of nitrogen functional groups attached to an aromatic ring is 1. The normalized spacial score (nSPS) is 11.1. The van der Waals surface area contributed by atoms with Crippen LogP contribution in [0.15, 0.2) is 30.6 Å². The second-order valence-corrected chi connectivity index (χ2v) is 3.71. The smallest absolute Gasteiger partial charge is 0.397 e. The zero-order chi connectivity index (χ0) is 14.0. The molecule has 0 aliphatic carbocycles. The van der Waals surface area contributed by atoms with Crippen molar-refractivity contribution in [3.8, 4) is 17.3 Å². The number of nitriles is 1. The fourth-order valence-electron chi connectivity index (χ4n) is 1.50. The van der Waals surface area contributed by atoms with Crippen molar-refractivity contribution in [1.82, 2.24) is 9.97 Å². The van der Waals surface area contributed by atoms with E-state index in [4.69, 9.17) is 11.0 Å². The number of pyridine rings is 2. The Labute approximate surface area is 106 Å². The predicted molar refractivity (Wildman–Crippen MR) is 61.6 cm³/mol. The van der Waals surface area contributed by atoms with Crippen LogP contribution in [0.4, 0.5) is 18.9 Å². The number of hydrogen-bond acceptors (Lipinski definition) is 4. The highest BCUT2D eigenvalue weighted by atomic mass is 19.4. The van der Waals surface area contributed by atoms with Gasteiger partial charge in [-0.05, 0) is 18.2 Å². The SMILES string of the molecule is N#Cc1cc(N)cnc1-c1ccc(C(F)(F)F)nc1. The van der Waals surface area contributed by atoms with Gasteiger partial charge in [0.25, 0.3) is 0 Å².